The van der Waals surface area contributed by atoms with E-state index in [1.807, 2.05) is 7.05 Å². The number of rotatable bonds is 5. The molecule has 23 heavy (non-hydrogen) atoms. The normalized spacial score (nSPS) is 28.9. The second kappa shape index (κ2) is 8.86. The quantitative estimate of drug-likeness (QED) is 0.585. The Bertz CT molecular complexity index is 384. The predicted molar refractivity (Wildman–Crippen MR) is 105 cm³/mol. The molecule has 0 aromatic rings. The van der Waals surface area contributed by atoms with E-state index < -0.39 is 0 Å². The number of thioether (sulfide) groups is 2. The second-order valence-electron chi connectivity index (χ2n) is 6.97. The largest absolute Gasteiger partial charge is 0.355 e. The molecular formula is C17H32N4S2. The summed E-state index contributed by atoms with van der Waals surface area (Å²) in [4.78, 5) is 7.22. The maximum atomic E-state index is 4.45. The summed E-state index contributed by atoms with van der Waals surface area (Å²) in [5, 5.41) is 7.98. The van der Waals surface area contributed by atoms with Crippen molar-refractivity contribution < 1.29 is 0 Å². The van der Waals surface area contributed by atoms with Crippen molar-refractivity contribution in [2.45, 2.75) is 49.3 Å². The van der Waals surface area contributed by atoms with Crippen LogP contribution in [0.3, 0.4) is 0 Å². The minimum atomic E-state index is 0.376. The lowest BCUT2D eigenvalue weighted by molar-refractivity contribution is 0.107. The van der Waals surface area contributed by atoms with Crippen LogP contribution in [0, 0.1) is 0 Å². The Labute approximate surface area is 150 Å². The average molecular weight is 357 g/mol. The molecule has 0 bridgehead atoms. The van der Waals surface area contributed by atoms with E-state index >= 15 is 0 Å². The summed E-state index contributed by atoms with van der Waals surface area (Å²) < 4.78 is 0. The van der Waals surface area contributed by atoms with Crippen LogP contribution >= 0.6 is 23.5 Å². The monoisotopic (exact) mass is 356 g/mol. The van der Waals surface area contributed by atoms with E-state index in [2.05, 4.69) is 44.0 Å². The van der Waals surface area contributed by atoms with Gasteiger partial charge in [0, 0.05) is 55.5 Å². The third kappa shape index (κ3) is 4.73. The Kier molecular flexibility index (Phi) is 6.83. The van der Waals surface area contributed by atoms with E-state index in [4.69, 9.17) is 0 Å². The van der Waals surface area contributed by atoms with Crippen LogP contribution in [0.25, 0.3) is 0 Å². The number of nitrogens with zero attached hydrogens (tertiary/aromatic N) is 2. The van der Waals surface area contributed by atoms with Crippen LogP contribution in [0.1, 0.15) is 38.5 Å². The number of guanidine groups is 1. The van der Waals surface area contributed by atoms with Crippen molar-refractivity contribution in [3.05, 3.63) is 0 Å². The van der Waals surface area contributed by atoms with Gasteiger partial charge in [-0.05, 0) is 31.4 Å². The summed E-state index contributed by atoms with van der Waals surface area (Å²) in [5.74, 6) is 4.92. The number of aliphatic imine (C=N–C) groups is 1. The van der Waals surface area contributed by atoms with Crippen LogP contribution < -0.4 is 10.6 Å². The Morgan fingerprint density at radius 1 is 1.13 bits per heavy atom. The van der Waals surface area contributed by atoms with Gasteiger partial charge in [-0.1, -0.05) is 12.8 Å². The predicted octanol–water partition coefficient (Wildman–Crippen LogP) is 2.41. The van der Waals surface area contributed by atoms with Gasteiger partial charge in [0.1, 0.15) is 0 Å². The van der Waals surface area contributed by atoms with Crippen molar-refractivity contribution in [2.24, 2.45) is 4.99 Å². The van der Waals surface area contributed by atoms with Crippen LogP contribution in [0.2, 0.25) is 0 Å². The standard InChI is InChI=1S/C17H32N4S2/c1-18-16(19-13-15-5-4-10-23-15)20-14-17(6-2-3-7-17)21-8-11-22-12-9-21/h15H,2-14H2,1H3,(H2,18,19,20). The van der Waals surface area contributed by atoms with Crippen LogP contribution in [0.4, 0.5) is 0 Å². The maximum absolute atomic E-state index is 4.45. The van der Waals surface area contributed by atoms with Gasteiger partial charge in [0.2, 0.25) is 0 Å². The lowest BCUT2D eigenvalue weighted by Gasteiger charge is -2.43. The van der Waals surface area contributed by atoms with Gasteiger partial charge < -0.3 is 10.6 Å². The first-order valence-electron chi connectivity index (χ1n) is 9.21. The molecule has 2 aliphatic heterocycles. The van der Waals surface area contributed by atoms with Gasteiger partial charge in [0.15, 0.2) is 5.96 Å². The minimum absolute atomic E-state index is 0.376. The third-order valence-corrected chi connectivity index (χ3v) is 7.89. The van der Waals surface area contributed by atoms with Crippen molar-refractivity contribution in [1.29, 1.82) is 0 Å². The molecule has 0 aromatic carbocycles. The number of nitrogens with one attached hydrogen (secondary N) is 2. The van der Waals surface area contributed by atoms with Crippen LogP contribution in [0.15, 0.2) is 4.99 Å². The fourth-order valence-corrected chi connectivity index (χ4v) is 6.26. The topological polar surface area (TPSA) is 39.7 Å². The van der Waals surface area contributed by atoms with Crippen LogP contribution in [-0.4, -0.2) is 72.1 Å². The van der Waals surface area contributed by atoms with Crippen LogP contribution in [-0.2, 0) is 0 Å². The van der Waals surface area contributed by atoms with E-state index in [1.165, 1.54) is 68.9 Å². The van der Waals surface area contributed by atoms with Gasteiger partial charge in [-0.3, -0.25) is 9.89 Å². The number of hydrogen-bond donors (Lipinski definition) is 2. The molecule has 2 heterocycles. The Hall–Kier alpha value is -0.0700. The Balaban J connectivity index is 1.50. The van der Waals surface area contributed by atoms with Gasteiger partial charge in [-0.25, -0.2) is 0 Å². The molecule has 0 spiro atoms. The van der Waals surface area contributed by atoms with Gasteiger partial charge in [0.05, 0.1) is 0 Å². The molecule has 1 aliphatic carbocycles. The zero-order valence-electron chi connectivity index (χ0n) is 14.5. The van der Waals surface area contributed by atoms with Gasteiger partial charge in [-0.15, -0.1) is 0 Å². The molecule has 0 aromatic heterocycles. The molecule has 2 N–H and O–H groups in total. The summed E-state index contributed by atoms with van der Waals surface area (Å²) in [6, 6.07) is 0. The summed E-state index contributed by atoms with van der Waals surface area (Å²) in [7, 11) is 1.90. The smallest absolute Gasteiger partial charge is 0.191 e. The van der Waals surface area contributed by atoms with E-state index in [9.17, 15) is 0 Å². The summed E-state index contributed by atoms with van der Waals surface area (Å²) >= 11 is 4.21. The molecule has 1 atom stereocenters. The molecule has 1 unspecified atom stereocenters. The van der Waals surface area contributed by atoms with E-state index in [0.717, 1.165) is 24.3 Å². The van der Waals surface area contributed by atoms with Gasteiger partial charge in [-0.2, -0.15) is 23.5 Å². The highest BCUT2D eigenvalue weighted by Crippen LogP contribution is 2.36. The summed E-state index contributed by atoms with van der Waals surface area (Å²) in [5.41, 5.74) is 0.376. The van der Waals surface area contributed by atoms with Crippen LogP contribution in [0.5, 0.6) is 0 Å². The van der Waals surface area contributed by atoms with Gasteiger partial charge >= 0.3 is 0 Å². The Morgan fingerprint density at radius 3 is 2.57 bits per heavy atom. The van der Waals surface area contributed by atoms with Crippen molar-refractivity contribution in [3.63, 3.8) is 0 Å². The first-order valence-corrected chi connectivity index (χ1v) is 11.4. The molecule has 4 nitrogen and oxygen atoms in total. The molecule has 0 amide bonds. The van der Waals surface area contributed by atoms with E-state index in [0.29, 0.717) is 5.54 Å². The minimum Gasteiger partial charge on any atom is -0.355 e. The fraction of sp³-hybridized carbons (Fsp3) is 0.941. The highest BCUT2D eigenvalue weighted by atomic mass is 32.2. The highest BCUT2D eigenvalue weighted by molar-refractivity contribution is 8.00. The molecule has 2 saturated heterocycles. The molecule has 3 fully saturated rings. The summed E-state index contributed by atoms with van der Waals surface area (Å²) in [6.07, 6.45) is 8.19. The van der Waals surface area contributed by atoms with E-state index in [-0.39, 0.29) is 0 Å². The van der Waals surface area contributed by atoms with Gasteiger partial charge in [0.25, 0.3) is 0 Å². The molecule has 6 heteroatoms. The molecule has 0 radical (unpaired) electrons. The Morgan fingerprint density at radius 2 is 1.91 bits per heavy atom. The molecule has 3 rings (SSSR count). The van der Waals surface area contributed by atoms with E-state index in [1.54, 1.807) is 0 Å². The first-order chi connectivity index (χ1) is 11.3. The zero-order chi connectivity index (χ0) is 16.0. The lowest BCUT2D eigenvalue weighted by atomic mass is 9.94. The molecule has 1 saturated carbocycles. The number of hydrogen-bond acceptors (Lipinski definition) is 4. The SMILES string of the molecule is CN=C(NCC1CCCS1)NCC1(N2CCSCC2)CCCC1. The molecule has 132 valence electrons. The van der Waals surface area contributed by atoms with Crippen molar-refractivity contribution in [3.8, 4) is 0 Å². The summed E-state index contributed by atoms with van der Waals surface area (Å²) in [6.45, 7) is 4.63. The highest BCUT2D eigenvalue weighted by Gasteiger charge is 2.39. The lowest BCUT2D eigenvalue weighted by Crippen LogP contribution is -2.57. The second-order valence-corrected chi connectivity index (χ2v) is 9.61. The van der Waals surface area contributed by atoms with Crippen molar-refractivity contribution >= 4 is 29.5 Å². The van der Waals surface area contributed by atoms with Crippen molar-refractivity contribution in [2.75, 3.05) is 50.5 Å². The zero-order valence-corrected chi connectivity index (χ0v) is 16.1. The van der Waals surface area contributed by atoms with Crippen molar-refractivity contribution in [1.82, 2.24) is 15.5 Å². The maximum Gasteiger partial charge on any atom is 0.191 e. The first kappa shape index (κ1) is 17.7. The third-order valence-electron chi connectivity index (χ3n) is 5.55. The molecular weight excluding hydrogens is 324 g/mol. The average Bonchev–Trinajstić information content (AvgIpc) is 3.28. The molecule has 3 aliphatic rings. The fourth-order valence-electron chi connectivity index (χ4n) is 4.16.